The van der Waals surface area contributed by atoms with Crippen LogP contribution in [0.25, 0.3) is 21.6 Å². The zero-order valence-corrected chi connectivity index (χ0v) is 10.4. The Morgan fingerprint density at radius 2 is 1.78 bits per heavy atom. The van der Waals surface area contributed by atoms with Crippen molar-refractivity contribution in [3.8, 4) is 5.69 Å². The molecular formula is C15H11ClN2. The summed E-state index contributed by atoms with van der Waals surface area (Å²) >= 11 is 6.04. The molecule has 0 N–H and O–H groups in total. The Morgan fingerprint density at radius 3 is 2.61 bits per heavy atom. The second kappa shape index (κ2) is 4.31. The SMILES string of the molecule is C=C(Cl)c1ccccc1-n1ncc2ccccc21. The van der Waals surface area contributed by atoms with Gasteiger partial charge >= 0.3 is 0 Å². The molecule has 0 saturated carbocycles. The zero-order valence-electron chi connectivity index (χ0n) is 9.68. The van der Waals surface area contributed by atoms with E-state index in [0.29, 0.717) is 5.03 Å². The summed E-state index contributed by atoms with van der Waals surface area (Å²) in [6, 6.07) is 15.9. The Bertz CT molecular complexity index is 728. The van der Waals surface area contributed by atoms with E-state index in [1.807, 2.05) is 59.4 Å². The van der Waals surface area contributed by atoms with Crippen LogP contribution in [0.1, 0.15) is 5.56 Å². The molecule has 0 unspecified atom stereocenters. The molecule has 0 radical (unpaired) electrons. The van der Waals surface area contributed by atoms with Crippen LogP contribution in [0.2, 0.25) is 0 Å². The number of para-hydroxylation sites is 2. The van der Waals surface area contributed by atoms with Gasteiger partial charge in [-0.05, 0) is 12.1 Å². The highest BCUT2D eigenvalue weighted by Gasteiger charge is 2.09. The van der Waals surface area contributed by atoms with Crippen molar-refractivity contribution in [2.75, 3.05) is 0 Å². The number of halogens is 1. The summed E-state index contributed by atoms with van der Waals surface area (Å²) in [6.45, 7) is 3.80. The van der Waals surface area contributed by atoms with Crippen molar-refractivity contribution in [2.24, 2.45) is 0 Å². The molecule has 0 aliphatic rings. The van der Waals surface area contributed by atoms with E-state index in [1.54, 1.807) is 0 Å². The second-order valence-electron chi connectivity index (χ2n) is 4.04. The third kappa shape index (κ3) is 1.71. The summed E-state index contributed by atoms with van der Waals surface area (Å²) in [5.74, 6) is 0. The fourth-order valence-electron chi connectivity index (χ4n) is 2.05. The molecule has 0 spiro atoms. The largest absolute Gasteiger partial charge is 0.232 e. The van der Waals surface area contributed by atoms with Gasteiger partial charge in [-0.1, -0.05) is 54.6 Å². The van der Waals surface area contributed by atoms with Crippen molar-refractivity contribution in [1.29, 1.82) is 0 Å². The van der Waals surface area contributed by atoms with Gasteiger partial charge in [0.25, 0.3) is 0 Å². The van der Waals surface area contributed by atoms with Gasteiger partial charge in [0.1, 0.15) is 0 Å². The van der Waals surface area contributed by atoms with Gasteiger partial charge in [0.15, 0.2) is 0 Å². The van der Waals surface area contributed by atoms with Crippen LogP contribution in [0.4, 0.5) is 0 Å². The number of fused-ring (bicyclic) bond motifs is 1. The van der Waals surface area contributed by atoms with Gasteiger partial charge in [-0.15, -0.1) is 0 Å². The van der Waals surface area contributed by atoms with Crippen LogP contribution < -0.4 is 0 Å². The van der Waals surface area contributed by atoms with E-state index < -0.39 is 0 Å². The molecule has 88 valence electrons. The summed E-state index contributed by atoms with van der Waals surface area (Å²) < 4.78 is 1.89. The number of nitrogens with zero attached hydrogens (tertiary/aromatic N) is 2. The number of benzene rings is 2. The standard InChI is InChI=1S/C15H11ClN2/c1-11(16)13-7-3-5-9-15(13)18-14-8-4-2-6-12(14)10-17-18/h2-10H,1H2. The lowest BCUT2D eigenvalue weighted by Gasteiger charge is -2.09. The molecule has 0 fully saturated rings. The molecule has 0 aliphatic heterocycles. The van der Waals surface area contributed by atoms with E-state index in [4.69, 9.17) is 11.6 Å². The summed E-state index contributed by atoms with van der Waals surface area (Å²) in [5.41, 5.74) is 2.90. The van der Waals surface area contributed by atoms with Gasteiger partial charge in [-0.25, -0.2) is 4.68 Å². The van der Waals surface area contributed by atoms with Crippen molar-refractivity contribution in [2.45, 2.75) is 0 Å². The average Bonchev–Trinajstić information content (AvgIpc) is 2.82. The van der Waals surface area contributed by atoms with Gasteiger partial charge in [-0.2, -0.15) is 5.10 Å². The summed E-state index contributed by atoms with van der Waals surface area (Å²) in [4.78, 5) is 0. The van der Waals surface area contributed by atoms with Gasteiger partial charge in [0, 0.05) is 16.0 Å². The highest BCUT2D eigenvalue weighted by molar-refractivity contribution is 6.48. The zero-order chi connectivity index (χ0) is 12.5. The van der Waals surface area contributed by atoms with E-state index in [0.717, 1.165) is 22.2 Å². The third-order valence-corrected chi connectivity index (χ3v) is 3.11. The highest BCUT2D eigenvalue weighted by Crippen LogP contribution is 2.26. The van der Waals surface area contributed by atoms with E-state index in [2.05, 4.69) is 11.7 Å². The van der Waals surface area contributed by atoms with E-state index in [9.17, 15) is 0 Å². The predicted molar refractivity (Wildman–Crippen MR) is 76.0 cm³/mol. The summed E-state index contributed by atoms with van der Waals surface area (Å²) in [6.07, 6.45) is 1.85. The quantitative estimate of drug-likeness (QED) is 0.669. The molecule has 18 heavy (non-hydrogen) atoms. The smallest absolute Gasteiger partial charge is 0.0741 e. The maximum Gasteiger partial charge on any atom is 0.0741 e. The number of hydrogen-bond acceptors (Lipinski definition) is 1. The van der Waals surface area contributed by atoms with Crippen LogP contribution in [0.15, 0.2) is 61.3 Å². The fraction of sp³-hybridized carbons (Fsp3) is 0. The molecule has 1 heterocycles. The molecule has 1 aromatic heterocycles. The van der Waals surface area contributed by atoms with E-state index in [-0.39, 0.29) is 0 Å². The molecule has 0 aliphatic carbocycles. The van der Waals surface area contributed by atoms with Crippen molar-refractivity contribution in [1.82, 2.24) is 9.78 Å². The molecule has 3 rings (SSSR count). The first kappa shape index (κ1) is 11.1. The molecule has 0 atom stereocenters. The van der Waals surface area contributed by atoms with Crippen molar-refractivity contribution in [3.63, 3.8) is 0 Å². The van der Waals surface area contributed by atoms with Crippen LogP contribution >= 0.6 is 11.6 Å². The Hall–Kier alpha value is -2.06. The van der Waals surface area contributed by atoms with Crippen LogP contribution in [0, 0.1) is 0 Å². The van der Waals surface area contributed by atoms with E-state index in [1.165, 1.54) is 0 Å². The average molecular weight is 255 g/mol. The minimum atomic E-state index is 0.519. The lowest BCUT2D eigenvalue weighted by molar-refractivity contribution is 0.908. The normalized spacial score (nSPS) is 10.7. The van der Waals surface area contributed by atoms with Crippen molar-refractivity contribution < 1.29 is 0 Å². The second-order valence-corrected chi connectivity index (χ2v) is 4.49. The Labute approximate surface area is 110 Å². The molecular weight excluding hydrogens is 244 g/mol. The maximum absolute atomic E-state index is 6.04. The highest BCUT2D eigenvalue weighted by atomic mass is 35.5. The Kier molecular flexibility index (Phi) is 2.65. The lowest BCUT2D eigenvalue weighted by atomic mass is 10.1. The molecule has 0 bridgehead atoms. The fourth-order valence-corrected chi connectivity index (χ4v) is 2.21. The molecule has 2 nitrogen and oxygen atoms in total. The number of aromatic nitrogens is 2. The van der Waals surface area contributed by atoms with Gasteiger partial charge < -0.3 is 0 Å². The van der Waals surface area contributed by atoms with Crippen LogP contribution in [-0.2, 0) is 0 Å². The van der Waals surface area contributed by atoms with Crippen LogP contribution in [-0.4, -0.2) is 9.78 Å². The van der Waals surface area contributed by atoms with Crippen molar-refractivity contribution in [3.05, 3.63) is 66.9 Å². The Morgan fingerprint density at radius 1 is 1.06 bits per heavy atom. The summed E-state index contributed by atoms with van der Waals surface area (Å²) in [5, 5.41) is 6.05. The minimum absolute atomic E-state index is 0.519. The lowest BCUT2D eigenvalue weighted by Crippen LogP contribution is -1.99. The number of rotatable bonds is 2. The van der Waals surface area contributed by atoms with E-state index >= 15 is 0 Å². The van der Waals surface area contributed by atoms with Crippen LogP contribution in [0.3, 0.4) is 0 Å². The minimum Gasteiger partial charge on any atom is -0.232 e. The third-order valence-electron chi connectivity index (χ3n) is 2.90. The maximum atomic E-state index is 6.04. The van der Waals surface area contributed by atoms with Crippen LogP contribution in [0.5, 0.6) is 0 Å². The topological polar surface area (TPSA) is 17.8 Å². The first-order valence-electron chi connectivity index (χ1n) is 5.64. The van der Waals surface area contributed by atoms with Gasteiger partial charge in [0.05, 0.1) is 17.4 Å². The first-order valence-corrected chi connectivity index (χ1v) is 6.02. The number of hydrogen-bond donors (Lipinski definition) is 0. The van der Waals surface area contributed by atoms with Gasteiger partial charge in [0.2, 0.25) is 0 Å². The Balaban J connectivity index is 2.30. The first-order chi connectivity index (χ1) is 8.77. The molecule has 0 saturated heterocycles. The molecule has 3 aromatic rings. The molecule has 0 amide bonds. The predicted octanol–water partition coefficient (Wildman–Crippen LogP) is 4.24. The molecule has 2 aromatic carbocycles. The summed E-state index contributed by atoms with van der Waals surface area (Å²) in [7, 11) is 0. The van der Waals surface area contributed by atoms with Gasteiger partial charge in [-0.3, -0.25) is 0 Å². The van der Waals surface area contributed by atoms with Crippen molar-refractivity contribution >= 4 is 27.5 Å². The molecule has 3 heteroatoms. The monoisotopic (exact) mass is 254 g/mol.